The van der Waals surface area contributed by atoms with Crippen LogP contribution in [0.2, 0.25) is 5.02 Å². The predicted octanol–water partition coefficient (Wildman–Crippen LogP) is 5.12. The van der Waals surface area contributed by atoms with Gasteiger partial charge in [-0.05, 0) is 55.5 Å². The van der Waals surface area contributed by atoms with E-state index < -0.39 is 10.1 Å². The highest BCUT2D eigenvalue weighted by atomic mass is 35.5. The maximum absolute atomic E-state index is 12.7. The van der Waals surface area contributed by atoms with Crippen LogP contribution in [0.5, 0.6) is 17.2 Å². The van der Waals surface area contributed by atoms with E-state index in [9.17, 15) is 13.2 Å². The van der Waals surface area contributed by atoms with E-state index in [1.54, 1.807) is 12.1 Å². The molecule has 0 aliphatic carbocycles. The fraction of sp³-hybridized carbons (Fsp3) is 0.0870. The molecule has 3 aromatic carbocycles. The standard InChI is InChI=1S/C23H17ClO6S/c1-2-28-20-6-4-3-5-15(20)13-22-23(25)19-12-9-17(14-21(19)29-22)30-31(26,27)18-10-7-16(24)8-11-18/h3-14H,2H2,1H3/b22-13-. The van der Waals surface area contributed by atoms with Crippen molar-refractivity contribution in [3.05, 3.63) is 88.6 Å². The van der Waals surface area contributed by atoms with Crippen LogP contribution in [0.25, 0.3) is 6.08 Å². The SMILES string of the molecule is CCOc1ccccc1/C=C1\Oc2cc(OS(=O)(=O)c3ccc(Cl)cc3)ccc2C1=O. The third kappa shape index (κ3) is 4.42. The third-order valence-electron chi connectivity index (χ3n) is 4.46. The fourth-order valence-electron chi connectivity index (χ4n) is 3.02. The summed E-state index contributed by atoms with van der Waals surface area (Å²) in [6.07, 6.45) is 1.60. The summed E-state index contributed by atoms with van der Waals surface area (Å²) in [6.45, 7) is 2.36. The molecule has 3 aromatic rings. The van der Waals surface area contributed by atoms with E-state index in [1.165, 1.54) is 42.5 Å². The zero-order chi connectivity index (χ0) is 22.0. The summed E-state index contributed by atoms with van der Waals surface area (Å²) in [5, 5.41) is 0.411. The molecule has 1 aliphatic rings. The Morgan fingerprint density at radius 3 is 2.52 bits per heavy atom. The maximum atomic E-state index is 12.7. The Kier molecular flexibility index (Phi) is 5.71. The molecule has 0 bridgehead atoms. The highest BCUT2D eigenvalue weighted by Crippen LogP contribution is 2.36. The lowest BCUT2D eigenvalue weighted by molar-refractivity contribution is 0.101. The van der Waals surface area contributed by atoms with Gasteiger partial charge in [0.15, 0.2) is 5.76 Å². The Balaban J connectivity index is 1.60. The second kappa shape index (κ2) is 8.45. The normalized spacial score (nSPS) is 14.3. The first-order valence-electron chi connectivity index (χ1n) is 9.37. The van der Waals surface area contributed by atoms with E-state index in [1.807, 2.05) is 25.1 Å². The van der Waals surface area contributed by atoms with Gasteiger partial charge < -0.3 is 13.7 Å². The third-order valence-corrected chi connectivity index (χ3v) is 5.97. The van der Waals surface area contributed by atoms with Gasteiger partial charge in [-0.1, -0.05) is 29.8 Å². The van der Waals surface area contributed by atoms with Crippen LogP contribution >= 0.6 is 11.6 Å². The number of para-hydroxylation sites is 1. The van der Waals surface area contributed by atoms with Crippen LogP contribution in [0.4, 0.5) is 0 Å². The zero-order valence-electron chi connectivity index (χ0n) is 16.4. The number of allylic oxidation sites excluding steroid dienone is 1. The number of hydrogen-bond donors (Lipinski definition) is 0. The molecule has 8 heteroatoms. The number of ether oxygens (including phenoxy) is 2. The molecule has 0 atom stereocenters. The van der Waals surface area contributed by atoms with Crippen molar-refractivity contribution in [3.63, 3.8) is 0 Å². The first-order valence-corrected chi connectivity index (χ1v) is 11.2. The van der Waals surface area contributed by atoms with Gasteiger partial charge in [-0.3, -0.25) is 4.79 Å². The Labute approximate surface area is 184 Å². The van der Waals surface area contributed by atoms with Crippen LogP contribution in [0, 0.1) is 0 Å². The van der Waals surface area contributed by atoms with Gasteiger partial charge in [0.05, 0.1) is 12.2 Å². The molecule has 158 valence electrons. The Hall–Kier alpha value is -3.29. The number of benzene rings is 3. The van der Waals surface area contributed by atoms with E-state index in [0.29, 0.717) is 28.5 Å². The molecule has 0 radical (unpaired) electrons. The van der Waals surface area contributed by atoms with Crippen molar-refractivity contribution < 1.29 is 26.9 Å². The molecule has 1 aliphatic heterocycles. The zero-order valence-corrected chi connectivity index (χ0v) is 17.9. The lowest BCUT2D eigenvalue weighted by atomic mass is 10.1. The number of hydrogen-bond acceptors (Lipinski definition) is 6. The number of rotatable bonds is 6. The van der Waals surface area contributed by atoms with Crippen LogP contribution in [-0.4, -0.2) is 20.8 Å². The van der Waals surface area contributed by atoms with Gasteiger partial charge >= 0.3 is 10.1 Å². The van der Waals surface area contributed by atoms with Crippen LogP contribution in [0.15, 0.2) is 77.4 Å². The highest BCUT2D eigenvalue weighted by Gasteiger charge is 2.29. The van der Waals surface area contributed by atoms with Crippen molar-refractivity contribution in [3.8, 4) is 17.2 Å². The average Bonchev–Trinajstić information content (AvgIpc) is 3.04. The van der Waals surface area contributed by atoms with E-state index in [4.69, 9.17) is 25.3 Å². The summed E-state index contributed by atoms with van der Waals surface area (Å²) in [5.74, 6) is 0.669. The summed E-state index contributed by atoms with van der Waals surface area (Å²) in [4.78, 5) is 12.7. The van der Waals surface area contributed by atoms with Crippen molar-refractivity contribution in [1.82, 2.24) is 0 Å². The Morgan fingerprint density at radius 1 is 1.03 bits per heavy atom. The van der Waals surface area contributed by atoms with E-state index in [-0.39, 0.29) is 27.9 Å². The first kappa shape index (κ1) is 21.0. The van der Waals surface area contributed by atoms with E-state index in [0.717, 1.165) is 0 Å². The second-order valence-electron chi connectivity index (χ2n) is 6.56. The summed E-state index contributed by atoms with van der Waals surface area (Å²) in [5.41, 5.74) is 1.01. The molecule has 31 heavy (non-hydrogen) atoms. The summed E-state index contributed by atoms with van der Waals surface area (Å²) >= 11 is 5.80. The summed E-state index contributed by atoms with van der Waals surface area (Å²) in [6, 6.07) is 17.1. The monoisotopic (exact) mass is 456 g/mol. The molecule has 0 N–H and O–H groups in total. The number of carbonyl (C=O) groups excluding carboxylic acids is 1. The molecule has 0 unspecified atom stereocenters. The lowest BCUT2D eigenvalue weighted by Crippen LogP contribution is -2.09. The van der Waals surface area contributed by atoms with Gasteiger partial charge in [-0.2, -0.15) is 8.42 Å². The molecule has 0 spiro atoms. The second-order valence-corrected chi connectivity index (χ2v) is 8.54. The molecule has 0 aromatic heterocycles. The number of fused-ring (bicyclic) bond motifs is 1. The van der Waals surface area contributed by atoms with Gasteiger partial charge in [0.25, 0.3) is 0 Å². The average molecular weight is 457 g/mol. The van der Waals surface area contributed by atoms with Crippen molar-refractivity contribution in [2.45, 2.75) is 11.8 Å². The fourth-order valence-corrected chi connectivity index (χ4v) is 4.07. The van der Waals surface area contributed by atoms with Crippen LogP contribution < -0.4 is 13.7 Å². The van der Waals surface area contributed by atoms with Crippen LogP contribution in [0.1, 0.15) is 22.8 Å². The summed E-state index contributed by atoms with van der Waals surface area (Å²) in [7, 11) is -4.07. The Morgan fingerprint density at radius 2 is 1.77 bits per heavy atom. The molecular formula is C23H17ClO6S. The van der Waals surface area contributed by atoms with Crippen molar-refractivity contribution in [2.75, 3.05) is 6.61 Å². The highest BCUT2D eigenvalue weighted by molar-refractivity contribution is 7.87. The molecule has 0 amide bonds. The lowest BCUT2D eigenvalue weighted by Gasteiger charge is -2.08. The molecule has 0 saturated carbocycles. The topological polar surface area (TPSA) is 78.9 Å². The van der Waals surface area contributed by atoms with Crippen molar-refractivity contribution in [2.24, 2.45) is 0 Å². The van der Waals surface area contributed by atoms with Gasteiger partial charge in [0.1, 0.15) is 22.1 Å². The quantitative estimate of drug-likeness (QED) is 0.378. The molecule has 0 saturated heterocycles. The largest absolute Gasteiger partial charge is 0.493 e. The minimum absolute atomic E-state index is 0.0254. The van der Waals surface area contributed by atoms with Gasteiger partial charge in [0.2, 0.25) is 5.78 Å². The van der Waals surface area contributed by atoms with Gasteiger partial charge in [0, 0.05) is 16.7 Å². The predicted molar refractivity (Wildman–Crippen MR) is 116 cm³/mol. The van der Waals surface area contributed by atoms with Gasteiger partial charge in [-0.25, -0.2) is 0 Å². The van der Waals surface area contributed by atoms with E-state index in [2.05, 4.69) is 0 Å². The van der Waals surface area contributed by atoms with Crippen LogP contribution in [0.3, 0.4) is 0 Å². The van der Waals surface area contributed by atoms with Crippen molar-refractivity contribution >= 4 is 33.6 Å². The smallest absolute Gasteiger partial charge is 0.339 e. The number of carbonyl (C=O) groups is 1. The molecule has 0 fully saturated rings. The summed E-state index contributed by atoms with van der Waals surface area (Å²) < 4.78 is 41.4. The van der Waals surface area contributed by atoms with Gasteiger partial charge in [-0.15, -0.1) is 0 Å². The maximum Gasteiger partial charge on any atom is 0.339 e. The number of ketones is 1. The minimum atomic E-state index is -4.07. The molecule has 4 rings (SSSR count). The molecule has 1 heterocycles. The first-order chi connectivity index (χ1) is 14.9. The Bertz CT molecular complexity index is 1280. The number of Topliss-reactive ketones (excluding diaryl/α,β-unsaturated/α-hetero) is 1. The molecule has 6 nitrogen and oxygen atoms in total. The van der Waals surface area contributed by atoms with Crippen LogP contribution in [-0.2, 0) is 10.1 Å². The minimum Gasteiger partial charge on any atom is -0.493 e. The number of halogens is 1. The molecular weight excluding hydrogens is 440 g/mol. The van der Waals surface area contributed by atoms with Crippen molar-refractivity contribution in [1.29, 1.82) is 0 Å². The van der Waals surface area contributed by atoms with E-state index >= 15 is 0 Å².